The monoisotopic (exact) mass is 304 g/mol. The third-order valence-electron chi connectivity index (χ3n) is 2.24. The smallest absolute Gasteiger partial charge is 0.0541 e. The molecular weight excluding hydrogens is 287 g/mol. The Morgan fingerprint density at radius 1 is 1.43 bits per heavy atom. The Labute approximate surface area is 99.7 Å². The molecule has 14 heavy (non-hydrogen) atoms. The van der Waals surface area contributed by atoms with Gasteiger partial charge in [-0.15, -0.1) is 0 Å². The van der Waals surface area contributed by atoms with Crippen molar-refractivity contribution < 1.29 is 0 Å². The predicted molar refractivity (Wildman–Crippen MR) is 68.6 cm³/mol. The van der Waals surface area contributed by atoms with Gasteiger partial charge in [-0.2, -0.15) is 0 Å². The highest BCUT2D eigenvalue weighted by atomic mass is 127. The minimum absolute atomic E-state index is 0.581. The lowest BCUT2D eigenvalue weighted by Crippen LogP contribution is -2.34. The molecule has 0 aromatic carbocycles. The van der Waals surface area contributed by atoms with E-state index in [2.05, 4.69) is 52.8 Å². The average Bonchev–Trinajstić information content (AvgIpc) is 2.20. The van der Waals surface area contributed by atoms with E-state index < -0.39 is 0 Å². The topological polar surface area (TPSA) is 24.9 Å². The van der Waals surface area contributed by atoms with Gasteiger partial charge in [0.05, 0.1) is 5.69 Å². The molecule has 0 spiro atoms. The molecule has 1 heterocycles. The third kappa shape index (κ3) is 3.92. The van der Waals surface area contributed by atoms with Crippen LogP contribution in [0.4, 0.5) is 0 Å². The zero-order chi connectivity index (χ0) is 10.4. The fraction of sp³-hybridized carbons (Fsp3) is 0.545. The Morgan fingerprint density at radius 3 is 2.71 bits per heavy atom. The number of aromatic nitrogens is 1. The Morgan fingerprint density at radius 2 is 2.21 bits per heavy atom. The molecule has 0 fully saturated rings. The first-order valence-electron chi connectivity index (χ1n) is 4.93. The quantitative estimate of drug-likeness (QED) is 0.668. The van der Waals surface area contributed by atoms with Crippen LogP contribution in [0.5, 0.6) is 0 Å². The second kappa shape index (κ2) is 6.35. The fourth-order valence-corrected chi connectivity index (χ4v) is 2.54. The average molecular weight is 304 g/mol. The minimum atomic E-state index is 0.581. The van der Waals surface area contributed by atoms with Crippen LogP contribution in [0.15, 0.2) is 24.4 Å². The maximum absolute atomic E-state index is 4.28. The van der Waals surface area contributed by atoms with Gasteiger partial charge in [0.2, 0.25) is 0 Å². The van der Waals surface area contributed by atoms with Crippen LogP contribution < -0.4 is 5.32 Å². The maximum atomic E-state index is 4.28. The SMILES string of the molecule is CC(C)C(CI)NCc1ccccn1. The van der Waals surface area contributed by atoms with Gasteiger partial charge in [-0.1, -0.05) is 42.5 Å². The predicted octanol–water partition coefficient (Wildman–Crippen LogP) is 2.63. The molecule has 0 saturated carbocycles. The van der Waals surface area contributed by atoms with Crippen LogP contribution in [0.1, 0.15) is 19.5 Å². The number of nitrogens with zero attached hydrogens (tertiary/aromatic N) is 1. The molecule has 0 radical (unpaired) electrons. The first-order valence-corrected chi connectivity index (χ1v) is 6.46. The van der Waals surface area contributed by atoms with Gasteiger partial charge in [0.15, 0.2) is 0 Å². The van der Waals surface area contributed by atoms with Gasteiger partial charge < -0.3 is 5.32 Å². The van der Waals surface area contributed by atoms with Crippen molar-refractivity contribution >= 4 is 22.6 Å². The zero-order valence-corrected chi connectivity index (χ0v) is 10.9. The van der Waals surface area contributed by atoms with E-state index >= 15 is 0 Å². The Balaban J connectivity index is 2.40. The first kappa shape index (κ1) is 11.9. The summed E-state index contributed by atoms with van der Waals surface area (Å²) in [6.07, 6.45) is 1.84. The van der Waals surface area contributed by atoms with Gasteiger partial charge in [-0.25, -0.2) is 0 Å². The summed E-state index contributed by atoms with van der Waals surface area (Å²) in [4.78, 5) is 4.28. The second-order valence-electron chi connectivity index (χ2n) is 3.71. The molecule has 1 aromatic heterocycles. The summed E-state index contributed by atoms with van der Waals surface area (Å²) < 4.78 is 1.14. The molecule has 0 aliphatic rings. The van der Waals surface area contributed by atoms with E-state index in [0.717, 1.165) is 16.7 Å². The van der Waals surface area contributed by atoms with E-state index in [-0.39, 0.29) is 0 Å². The molecule has 0 aliphatic heterocycles. The van der Waals surface area contributed by atoms with E-state index in [1.165, 1.54) is 0 Å². The highest BCUT2D eigenvalue weighted by Gasteiger charge is 2.10. The minimum Gasteiger partial charge on any atom is -0.307 e. The van der Waals surface area contributed by atoms with Gasteiger partial charge in [-0.3, -0.25) is 4.98 Å². The largest absolute Gasteiger partial charge is 0.307 e. The Bertz CT molecular complexity index is 249. The van der Waals surface area contributed by atoms with Crippen molar-refractivity contribution in [1.29, 1.82) is 0 Å². The van der Waals surface area contributed by atoms with E-state index in [1.807, 2.05) is 18.3 Å². The summed E-state index contributed by atoms with van der Waals surface area (Å²) in [6.45, 7) is 5.36. The molecule has 1 aromatic rings. The highest BCUT2D eigenvalue weighted by molar-refractivity contribution is 14.1. The fourth-order valence-electron chi connectivity index (χ4n) is 1.21. The van der Waals surface area contributed by atoms with Crippen molar-refractivity contribution in [1.82, 2.24) is 10.3 Å². The van der Waals surface area contributed by atoms with Crippen molar-refractivity contribution in [2.24, 2.45) is 5.92 Å². The number of hydrogen-bond donors (Lipinski definition) is 1. The van der Waals surface area contributed by atoms with Crippen LogP contribution in [-0.4, -0.2) is 15.5 Å². The zero-order valence-electron chi connectivity index (χ0n) is 8.70. The lowest BCUT2D eigenvalue weighted by atomic mass is 10.1. The Kier molecular flexibility index (Phi) is 5.40. The van der Waals surface area contributed by atoms with Crippen molar-refractivity contribution in [2.75, 3.05) is 4.43 Å². The van der Waals surface area contributed by atoms with E-state index in [9.17, 15) is 0 Å². The molecule has 1 N–H and O–H groups in total. The van der Waals surface area contributed by atoms with Crippen LogP contribution in [0.3, 0.4) is 0 Å². The van der Waals surface area contributed by atoms with Crippen LogP contribution in [0.25, 0.3) is 0 Å². The number of alkyl halides is 1. The molecule has 1 unspecified atom stereocenters. The van der Waals surface area contributed by atoms with E-state index in [1.54, 1.807) is 0 Å². The van der Waals surface area contributed by atoms with Crippen LogP contribution in [0, 0.1) is 5.92 Å². The molecule has 1 rings (SSSR count). The van der Waals surface area contributed by atoms with E-state index in [4.69, 9.17) is 0 Å². The van der Waals surface area contributed by atoms with Crippen LogP contribution in [0.2, 0.25) is 0 Å². The standard InChI is InChI=1S/C11H17IN2/c1-9(2)11(7-12)14-8-10-5-3-4-6-13-10/h3-6,9,11,14H,7-8H2,1-2H3. The number of hydrogen-bond acceptors (Lipinski definition) is 2. The second-order valence-corrected chi connectivity index (χ2v) is 4.59. The van der Waals surface area contributed by atoms with Gasteiger partial charge in [0.25, 0.3) is 0 Å². The summed E-state index contributed by atoms with van der Waals surface area (Å²) in [7, 11) is 0. The van der Waals surface area contributed by atoms with Crippen molar-refractivity contribution in [3.63, 3.8) is 0 Å². The number of pyridine rings is 1. The summed E-state index contributed by atoms with van der Waals surface area (Å²) in [6, 6.07) is 6.61. The van der Waals surface area contributed by atoms with Crippen molar-refractivity contribution in [2.45, 2.75) is 26.4 Å². The molecular formula is C11H17IN2. The molecule has 1 atom stereocenters. The molecule has 0 aliphatic carbocycles. The molecule has 0 amide bonds. The van der Waals surface area contributed by atoms with Crippen molar-refractivity contribution in [3.05, 3.63) is 30.1 Å². The Hall–Kier alpha value is -0.160. The third-order valence-corrected chi connectivity index (χ3v) is 3.19. The van der Waals surface area contributed by atoms with Crippen LogP contribution >= 0.6 is 22.6 Å². The van der Waals surface area contributed by atoms with Gasteiger partial charge >= 0.3 is 0 Å². The first-order chi connectivity index (χ1) is 6.74. The van der Waals surface area contributed by atoms with Gasteiger partial charge in [0, 0.05) is 23.2 Å². The van der Waals surface area contributed by atoms with E-state index in [0.29, 0.717) is 12.0 Å². The normalized spacial score (nSPS) is 13.1. The number of halogens is 1. The molecule has 3 heteroatoms. The van der Waals surface area contributed by atoms with Gasteiger partial charge in [-0.05, 0) is 18.1 Å². The number of rotatable bonds is 5. The maximum Gasteiger partial charge on any atom is 0.0541 e. The van der Waals surface area contributed by atoms with Crippen LogP contribution in [-0.2, 0) is 6.54 Å². The lowest BCUT2D eigenvalue weighted by molar-refractivity contribution is 0.434. The molecule has 78 valence electrons. The summed E-state index contributed by atoms with van der Waals surface area (Å²) in [5, 5.41) is 3.52. The summed E-state index contributed by atoms with van der Waals surface area (Å²) >= 11 is 2.42. The number of nitrogens with one attached hydrogen (secondary N) is 1. The summed E-state index contributed by atoms with van der Waals surface area (Å²) in [5.41, 5.74) is 1.11. The van der Waals surface area contributed by atoms with Gasteiger partial charge in [0.1, 0.15) is 0 Å². The molecule has 2 nitrogen and oxygen atoms in total. The molecule has 0 bridgehead atoms. The molecule has 0 saturated heterocycles. The lowest BCUT2D eigenvalue weighted by Gasteiger charge is -2.19. The van der Waals surface area contributed by atoms with Crippen molar-refractivity contribution in [3.8, 4) is 0 Å². The highest BCUT2D eigenvalue weighted by Crippen LogP contribution is 2.06. The summed E-state index contributed by atoms with van der Waals surface area (Å²) in [5.74, 6) is 0.676.